The Morgan fingerprint density at radius 1 is 1.00 bits per heavy atom. The molecule has 0 spiro atoms. The minimum Gasteiger partial charge on any atom is -0.307 e. The lowest BCUT2D eigenvalue weighted by Gasteiger charge is -2.08. The number of hydrogen-bond acceptors (Lipinski definition) is 2. The standard InChI is InChI=1S/C16H20N2/c1-12-7-13(2)9-15(8-12)10-17-11-16-14(3)5-4-6-18-16/h4-9,17H,10-11H2,1-3H3. The lowest BCUT2D eigenvalue weighted by Crippen LogP contribution is -2.14. The summed E-state index contributed by atoms with van der Waals surface area (Å²) in [4.78, 5) is 4.38. The van der Waals surface area contributed by atoms with Gasteiger partial charge >= 0.3 is 0 Å². The van der Waals surface area contributed by atoms with E-state index in [0.717, 1.165) is 18.8 Å². The second-order valence-corrected chi connectivity index (χ2v) is 4.87. The van der Waals surface area contributed by atoms with Crippen molar-refractivity contribution in [3.05, 3.63) is 64.5 Å². The van der Waals surface area contributed by atoms with Gasteiger partial charge in [-0.25, -0.2) is 0 Å². The number of benzene rings is 1. The van der Waals surface area contributed by atoms with Crippen LogP contribution < -0.4 is 5.32 Å². The van der Waals surface area contributed by atoms with Crippen molar-refractivity contribution in [1.82, 2.24) is 10.3 Å². The van der Waals surface area contributed by atoms with Gasteiger partial charge < -0.3 is 5.32 Å². The average molecular weight is 240 g/mol. The van der Waals surface area contributed by atoms with E-state index in [9.17, 15) is 0 Å². The van der Waals surface area contributed by atoms with E-state index in [2.05, 4.69) is 55.3 Å². The highest BCUT2D eigenvalue weighted by Crippen LogP contribution is 2.09. The fourth-order valence-corrected chi connectivity index (χ4v) is 2.20. The highest BCUT2D eigenvalue weighted by atomic mass is 14.9. The third-order valence-corrected chi connectivity index (χ3v) is 3.02. The van der Waals surface area contributed by atoms with E-state index in [-0.39, 0.29) is 0 Å². The Hall–Kier alpha value is -1.67. The summed E-state index contributed by atoms with van der Waals surface area (Å²) < 4.78 is 0. The zero-order valence-corrected chi connectivity index (χ0v) is 11.3. The fraction of sp³-hybridized carbons (Fsp3) is 0.312. The molecule has 94 valence electrons. The van der Waals surface area contributed by atoms with E-state index in [1.54, 1.807) is 0 Å². The summed E-state index contributed by atoms with van der Waals surface area (Å²) >= 11 is 0. The third kappa shape index (κ3) is 3.41. The first-order valence-electron chi connectivity index (χ1n) is 6.33. The summed E-state index contributed by atoms with van der Waals surface area (Å²) in [7, 11) is 0. The zero-order chi connectivity index (χ0) is 13.0. The van der Waals surface area contributed by atoms with Crippen LogP contribution in [0.4, 0.5) is 0 Å². The number of rotatable bonds is 4. The topological polar surface area (TPSA) is 24.9 Å². The molecule has 0 amide bonds. The highest BCUT2D eigenvalue weighted by molar-refractivity contribution is 5.28. The Morgan fingerprint density at radius 2 is 1.72 bits per heavy atom. The van der Waals surface area contributed by atoms with Crippen molar-refractivity contribution >= 4 is 0 Å². The highest BCUT2D eigenvalue weighted by Gasteiger charge is 1.99. The molecule has 0 fully saturated rings. The molecule has 2 heteroatoms. The van der Waals surface area contributed by atoms with Gasteiger partial charge in [-0.15, -0.1) is 0 Å². The molecular formula is C16H20N2. The van der Waals surface area contributed by atoms with Crippen molar-refractivity contribution in [2.45, 2.75) is 33.9 Å². The maximum atomic E-state index is 4.38. The number of pyridine rings is 1. The quantitative estimate of drug-likeness (QED) is 0.887. The van der Waals surface area contributed by atoms with Crippen molar-refractivity contribution in [3.8, 4) is 0 Å². The number of hydrogen-bond donors (Lipinski definition) is 1. The van der Waals surface area contributed by atoms with Crippen LogP contribution in [0.5, 0.6) is 0 Å². The first-order chi connectivity index (χ1) is 8.65. The molecule has 1 aromatic heterocycles. The van der Waals surface area contributed by atoms with E-state index in [4.69, 9.17) is 0 Å². The molecule has 18 heavy (non-hydrogen) atoms. The van der Waals surface area contributed by atoms with Crippen molar-refractivity contribution in [2.24, 2.45) is 0 Å². The van der Waals surface area contributed by atoms with Crippen molar-refractivity contribution in [3.63, 3.8) is 0 Å². The van der Waals surface area contributed by atoms with Gasteiger partial charge in [-0.1, -0.05) is 35.4 Å². The molecule has 0 bridgehead atoms. The van der Waals surface area contributed by atoms with Gasteiger partial charge in [-0.2, -0.15) is 0 Å². The molecule has 0 aliphatic carbocycles. The summed E-state index contributed by atoms with van der Waals surface area (Å²) in [5.74, 6) is 0. The average Bonchev–Trinajstić information content (AvgIpc) is 2.30. The van der Waals surface area contributed by atoms with Gasteiger partial charge in [-0.3, -0.25) is 4.98 Å². The third-order valence-electron chi connectivity index (χ3n) is 3.02. The maximum absolute atomic E-state index is 4.38. The summed E-state index contributed by atoms with van der Waals surface area (Å²) in [5, 5.41) is 3.45. The van der Waals surface area contributed by atoms with Gasteiger partial charge in [0.05, 0.1) is 5.69 Å². The molecule has 1 N–H and O–H groups in total. The monoisotopic (exact) mass is 240 g/mol. The summed E-state index contributed by atoms with van der Waals surface area (Å²) in [6.07, 6.45) is 1.85. The first kappa shape index (κ1) is 12.8. The summed E-state index contributed by atoms with van der Waals surface area (Å²) in [6.45, 7) is 8.08. The molecule has 2 nitrogen and oxygen atoms in total. The number of aromatic nitrogens is 1. The smallest absolute Gasteiger partial charge is 0.0570 e. The normalized spacial score (nSPS) is 10.6. The molecular weight excluding hydrogens is 220 g/mol. The van der Waals surface area contributed by atoms with E-state index >= 15 is 0 Å². The predicted octanol–water partition coefficient (Wildman–Crippen LogP) is 3.30. The van der Waals surface area contributed by atoms with Crippen LogP contribution in [-0.2, 0) is 13.1 Å². The Kier molecular flexibility index (Phi) is 4.11. The molecule has 0 aliphatic heterocycles. The predicted molar refractivity (Wildman–Crippen MR) is 75.4 cm³/mol. The molecule has 0 unspecified atom stereocenters. The van der Waals surface area contributed by atoms with Crippen LogP contribution in [0.2, 0.25) is 0 Å². The molecule has 2 rings (SSSR count). The van der Waals surface area contributed by atoms with Crippen molar-refractivity contribution in [1.29, 1.82) is 0 Å². The van der Waals surface area contributed by atoms with Crippen molar-refractivity contribution < 1.29 is 0 Å². The van der Waals surface area contributed by atoms with Crippen LogP contribution in [0.3, 0.4) is 0 Å². The largest absolute Gasteiger partial charge is 0.307 e. The van der Waals surface area contributed by atoms with Crippen molar-refractivity contribution in [2.75, 3.05) is 0 Å². The Balaban J connectivity index is 1.94. The van der Waals surface area contributed by atoms with Gasteiger partial charge in [0.15, 0.2) is 0 Å². The Labute approximate surface area is 109 Å². The first-order valence-corrected chi connectivity index (χ1v) is 6.33. The number of nitrogens with one attached hydrogen (secondary N) is 1. The molecule has 1 aromatic carbocycles. The van der Waals surface area contributed by atoms with Crippen LogP contribution in [0.15, 0.2) is 36.5 Å². The SMILES string of the molecule is Cc1cc(C)cc(CNCc2ncccc2C)c1. The molecule has 0 aliphatic rings. The molecule has 0 atom stereocenters. The lowest BCUT2D eigenvalue weighted by atomic mass is 10.1. The summed E-state index contributed by atoms with van der Waals surface area (Å²) in [5.41, 5.74) is 6.34. The Morgan fingerprint density at radius 3 is 2.39 bits per heavy atom. The van der Waals surface area contributed by atoms with Gasteiger partial charge in [0, 0.05) is 19.3 Å². The summed E-state index contributed by atoms with van der Waals surface area (Å²) in [6, 6.07) is 10.7. The second-order valence-electron chi connectivity index (χ2n) is 4.87. The van der Waals surface area contributed by atoms with E-state index < -0.39 is 0 Å². The van der Waals surface area contributed by atoms with E-state index in [1.807, 2.05) is 12.3 Å². The molecule has 0 saturated heterocycles. The van der Waals surface area contributed by atoms with Crippen LogP contribution in [0.1, 0.15) is 27.9 Å². The molecule has 0 radical (unpaired) electrons. The fourth-order valence-electron chi connectivity index (χ4n) is 2.20. The van der Waals surface area contributed by atoms with Crippen LogP contribution in [0.25, 0.3) is 0 Å². The Bertz CT molecular complexity index is 512. The van der Waals surface area contributed by atoms with Gasteiger partial charge in [-0.05, 0) is 38.0 Å². The second kappa shape index (κ2) is 5.78. The minimum atomic E-state index is 0.819. The van der Waals surface area contributed by atoms with Crippen LogP contribution in [0, 0.1) is 20.8 Å². The molecule has 2 aromatic rings. The van der Waals surface area contributed by atoms with E-state index in [1.165, 1.54) is 22.3 Å². The molecule has 0 saturated carbocycles. The van der Waals surface area contributed by atoms with Gasteiger partial charge in [0.25, 0.3) is 0 Å². The van der Waals surface area contributed by atoms with Gasteiger partial charge in [0.2, 0.25) is 0 Å². The van der Waals surface area contributed by atoms with Crippen LogP contribution >= 0.6 is 0 Å². The number of nitrogens with zero attached hydrogens (tertiary/aromatic N) is 1. The van der Waals surface area contributed by atoms with E-state index in [0.29, 0.717) is 0 Å². The minimum absolute atomic E-state index is 0.819. The number of aryl methyl sites for hydroxylation is 3. The van der Waals surface area contributed by atoms with Crippen LogP contribution in [-0.4, -0.2) is 4.98 Å². The lowest BCUT2D eigenvalue weighted by molar-refractivity contribution is 0.675. The van der Waals surface area contributed by atoms with Gasteiger partial charge in [0.1, 0.15) is 0 Å². The zero-order valence-electron chi connectivity index (χ0n) is 11.3. The maximum Gasteiger partial charge on any atom is 0.0570 e. The molecule has 1 heterocycles.